The fraction of sp³-hybridized carbons (Fsp3) is 0.517. The quantitative estimate of drug-likeness (QED) is 0.0188. The van der Waals surface area contributed by atoms with Gasteiger partial charge in [0.1, 0.15) is 24.9 Å². The summed E-state index contributed by atoms with van der Waals surface area (Å²) in [7, 11) is 2.82. The Morgan fingerprint density at radius 2 is 0.978 bits per heavy atom. The fourth-order valence-corrected chi connectivity index (χ4v) is 8.65. The number of rotatable bonds is 24. The second-order valence-electron chi connectivity index (χ2n) is 20.1. The van der Waals surface area contributed by atoms with Gasteiger partial charge in [-0.1, -0.05) is 63.6 Å². The number of alkyl carbamates (subject to hydrolysis) is 1. The molecule has 3 N–H and O–H groups in total. The largest absolute Gasteiger partial charge is 0.460 e. The van der Waals surface area contributed by atoms with Crippen LogP contribution in [0, 0.1) is 20.2 Å². The highest BCUT2D eigenvalue weighted by molar-refractivity contribution is 6.17. The molecule has 0 bridgehead atoms. The van der Waals surface area contributed by atoms with Crippen LogP contribution in [0.25, 0.3) is 0 Å². The third-order valence-corrected chi connectivity index (χ3v) is 12.2. The van der Waals surface area contributed by atoms with Crippen LogP contribution in [0.5, 0.6) is 0 Å². The molecule has 2 aromatic carbocycles. The Balaban J connectivity index is 0.000000905. The van der Waals surface area contributed by atoms with Crippen LogP contribution in [0.4, 0.5) is 25.8 Å². The minimum absolute atomic E-state index is 0.0189. The van der Waals surface area contributed by atoms with Gasteiger partial charge in [0.05, 0.1) is 69.4 Å². The number of nitro groups is 2. The number of allylic oxidation sites excluding steroid dienone is 4. The molecule has 29 nitrogen and oxygen atoms in total. The molecule has 0 fully saturated rings. The summed E-state index contributed by atoms with van der Waals surface area (Å²) in [5.74, 6) is -7.81. The first-order valence-electron chi connectivity index (χ1n) is 28.3. The number of non-ortho nitro benzene ring substituents is 2. The summed E-state index contributed by atoms with van der Waals surface area (Å²) in [6.07, 6.45) is -4.86. The maximum atomic E-state index is 13.6. The van der Waals surface area contributed by atoms with Gasteiger partial charge in [0.2, 0.25) is 12.7 Å². The summed E-state index contributed by atoms with van der Waals surface area (Å²) in [6.45, 7) is 23.9. The first-order valence-corrected chi connectivity index (χ1v) is 28.9. The zero-order valence-corrected chi connectivity index (χ0v) is 54.6. The lowest BCUT2D eigenvalue weighted by molar-refractivity contribution is -0.385. The molecule has 3 atom stereocenters. The summed E-state index contributed by atoms with van der Waals surface area (Å²) in [6, 6.07) is 9.05. The van der Waals surface area contributed by atoms with Crippen molar-refractivity contribution in [3.63, 3.8) is 0 Å². The number of benzene rings is 2. The number of methoxy groups -OCH3 is 2. The predicted octanol–water partition coefficient (Wildman–Crippen LogP) is 9.55. The SMILES string of the molecule is CC.CC.COCCOC(=O)C1=C(C)N(C(=O)OCCl)C(C)=C(C(=O)OC(C)C)C1c1cccc([N+](=O)[O-])c1.COCCOC(=O)C1=C(C)N(C(=O)OCOC(=O)CCC(NC(=O)OC(C)(C)C)C(N)=O)C(C)=C(C(=O)OC(C)C)C1c1cccc([N+](=O)[O-])c1. The fourth-order valence-electron chi connectivity index (χ4n) is 8.56. The van der Waals surface area contributed by atoms with Crippen molar-refractivity contribution in [2.75, 3.05) is 53.5 Å². The molecule has 2 aliphatic heterocycles. The summed E-state index contributed by atoms with van der Waals surface area (Å²) in [5, 5.41) is 25.3. The molecule has 30 heteroatoms. The number of hydrogen-bond acceptors (Lipinski definition) is 23. The molecule has 0 aliphatic carbocycles. The second kappa shape index (κ2) is 38.4. The van der Waals surface area contributed by atoms with Crippen LogP contribution in [0.3, 0.4) is 0 Å². The monoisotopic (exact) mass is 1290 g/mol. The lowest BCUT2D eigenvalue weighted by Crippen LogP contribution is -2.46. The number of nitro benzene ring substituents is 2. The Bertz CT molecular complexity index is 3040. The Kier molecular flexibility index (Phi) is 33.8. The number of esters is 5. The number of primary amides is 1. The van der Waals surface area contributed by atoms with Crippen molar-refractivity contribution in [3.8, 4) is 0 Å². The Hall–Kier alpha value is -8.96. The number of nitrogens with one attached hydrogen (secondary N) is 1. The molecule has 90 heavy (non-hydrogen) atoms. The average Bonchev–Trinajstić information content (AvgIpc) is 0.761. The number of halogens is 1. The lowest BCUT2D eigenvalue weighted by atomic mass is 9.79. The van der Waals surface area contributed by atoms with Gasteiger partial charge in [-0.3, -0.25) is 39.6 Å². The van der Waals surface area contributed by atoms with Gasteiger partial charge in [0, 0.05) is 67.7 Å². The predicted molar refractivity (Wildman–Crippen MR) is 323 cm³/mol. The molecule has 4 rings (SSSR count). The third-order valence-electron chi connectivity index (χ3n) is 12.1. The van der Waals surface area contributed by atoms with E-state index in [1.165, 1.54) is 90.4 Å². The van der Waals surface area contributed by atoms with Crippen LogP contribution in [-0.2, 0) is 76.1 Å². The van der Waals surface area contributed by atoms with E-state index < -0.39 is 119 Å². The van der Waals surface area contributed by atoms with E-state index in [1.807, 2.05) is 27.7 Å². The number of hydrogen-bond donors (Lipinski definition) is 2. The number of carbonyl (C=O) groups excluding carboxylic acids is 9. The highest BCUT2D eigenvalue weighted by Crippen LogP contribution is 2.46. The Morgan fingerprint density at radius 3 is 1.31 bits per heavy atom. The van der Waals surface area contributed by atoms with Crippen LogP contribution in [-0.4, -0.2) is 151 Å². The first-order chi connectivity index (χ1) is 42.3. The van der Waals surface area contributed by atoms with Crippen LogP contribution >= 0.6 is 11.6 Å². The Labute approximate surface area is 527 Å². The minimum atomic E-state index is -1.28. The molecule has 0 radical (unpaired) electrons. The average molecular weight is 1290 g/mol. The Morgan fingerprint density at radius 1 is 0.600 bits per heavy atom. The van der Waals surface area contributed by atoms with E-state index >= 15 is 0 Å². The summed E-state index contributed by atoms with van der Waals surface area (Å²) >= 11 is 5.57. The van der Waals surface area contributed by atoms with Crippen LogP contribution in [0.2, 0.25) is 0 Å². The molecular formula is C60H83ClN6O23. The summed E-state index contributed by atoms with van der Waals surface area (Å²) in [5.41, 5.74) is 3.86. The molecule has 0 saturated carbocycles. The normalized spacial score (nSPS) is 14.9. The van der Waals surface area contributed by atoms with E-state index in [0.717, 1.165) is 9.80 Å². The van der Waals surface area contributed by atoms with Gasteiger partial charge in [-0.2, -0.15) is 0 Å². The van der Waals surface area contributed by atoms with Gasteiger partial charge in [-0.25, -0.2) is 33.6 Å². The zero-order chi connectivity index (χ0) is 68.9. The minimum Gasteiger partial charge on any atom is -0.460 e. The van der Waals surface area contributed by atoms with Crippen molar-refractivity contribution in [2.45, 2.75) is 152 Å². The number of nitrogens with zero attached hydrogens (tertiary/aromatic N) is 4. The van der Waals surface area contributed by atoms with E-state index in [2.05, 4.69) is 5.32 Å². The third kappa shape index (κ3) is 23.2. The van der Waals surface area contributed by atoms with Crippen LogP contribution in [0.1, 0.15) is 140 Å². The van der Waals surface area contributed by atoms with E-state index in [4.69, 9.17) is 64.7 Å². The molecule has 0 aromatic heterocycles. The maximum absolute atomic E-state index is 13.6. The van der Waals surface area contributed by atoms with Gasteiger partial charge in [0.15, 0.2) is 6.07 Å². The maximum Gasteiger partial charge on any atom is 0.421 e. The molecule has 2 aromatic rings. The van der Waals surface area contributed by atoms with E-state index in [9.17, 15) is 63.4 Å². The summed E-state index contributed by atoms with van der Waals surface area (Å²) < 4.78 is 51.6. The lowest BCUT2D eigenvalue weighted by Gasteiger charge is -2.36. The van der Waals surface area contributed by atoms with Gasteiger partial charge in [0.25, 0.3) is 11.4 Å². The number of alkyl halides is 1. The molecule has 0 spiro atoms. The van der Waals surface area contributed by atoms with Crippen LogP contribution < -0.4 is 11.1 Å². The van der Waals surface area contributed by atoms with Crippen molar-refractivity contribution in [2.24, 2.45) is 5.73 Å². The van der Waals surface area contributed by atoms with Crippen molar-refractivity contribution in [1.82, 2.24) is 15.1 Å². The van der Waals surface area contributed by atoms with Crippen molar-refractivity contribution in [3.05, 3.63) is 125 Å². The molecule has 4 amide bonds. The highest BCUT2D eigenvalue weighted by atomic mass is 35.5. The molecule has 2 aliphatic rings. The van der Waals surface area contributed by atoms with Gasteiger partial charge in [-0.15, -0.1) is 0 Å². The van der Waals surface area contributed by atoms with E-state index in [1.54, 1.807) is 48.5 Å². The van der Waals surface area contributed by atoms with Crippen molar-refractivity contribution >= 4 is 77.0 Å². The van der Waals surface area contributed by atoms with Gasteiger partial charge < -0.3 is 58.4 Å². The van der Waals surface area contributed by atoms with E-state index in [-0.39, 0.29) is 100 Å². The first kappa shape index (κ1) is 79.1. The van der Waals surface area contributed by atoms with Crippen molar-refractivity contribution < 1.29 is 100 Å². The van der Waals surface area contributed by atoms with Crippen molar-refractivity contribution in [1.29, 1.82) is 0 Å². The molecule has 2 heterocycles. The number of ether oxygens (including phenoxy) is 10. The zero-order valence-electron chi connectivity index (χ0n) is 53.8. The molecule has 0 saturated heterocycles. The van der Waals surface area contributed by atoms with Gasteiger partial charge >= 0.3 is 48.1 Å². The van der Waals surface area contributed by atoms with E-state index in [0.29, 0.717) is 0 Å². The molecular weight excluding hydrogens is 1210 g/mol. The standard InChI is InChI=1S/C33H44N4O14.C23H27ClN2O9.2C2H6/c1-18(2)50-30(41)26-20(4)36(32(43)49-17-48-24(38)13-12-23(28(34)39)35-31(42)51-33(5,6)7)19(3)25(29(40)47-15-14-46-8)27(26)21-10-9-11-22(16-21)37(44)45;1-13(2)35-22(28)19-15(4)25(23(29)34-12-24)14(3)18(21(27)33-10-9-32-5)20(19)16-7-6-8-17(11-16)26(30)31;2*1-2/h9-11,16,18,23,27H,12-15,17H2,1-8H3,(H2,34,39)(H,35,42);6-8,11,13,20H,9-10,12H2,1-5H3;2*1-2H3. The number of amides is 4. The highest BCUT2D eigenvalue weighted by Gasteiger charge is 2.45. The number of nitrogens with two attached hydrogens (primary N) is 1. The number of carbonyl (C=O) groups is 9. The van der Waals surface area contributed by atoms with Gasteiger partial charge in [-0.05, 0) is 93.7 Å². The topological polar surface area (TPSA) is 377 Å². The summed E-state index contributed by atoms with van der Waals surface area (Å²) in [4.78, 5) is 140. The molecule has 498 valence electrons. The second-order valence-corrected chi connectivity index (χ2v) is 20.3. The van der Waals surface area contributed by atoms with Crippen LogP contribution in [0.15, 0.2) is 93.6 Å². The smallest absolute Gasteiger partial charge is 0.421 e. The molecule has 3 unspecified atom stereocenters.